The van der Waals surface area contributed by atoms with E-state index in [-0.39, 0.29) is 22.8 Å². The first-order valence-corrected chi connectivity index (χ1v) is 8.16. The lowest BCUT2D eigenvalue weighted by molar-refractivity contribution is 0.0794. The van der Waals surface area contributed by atoms with Crippen LogP contribution in [0.15, 0.2) is 42.6 Å². The number of alkyl halides is 2. The number of hydrogen-bond donors (Lipinski definition) is 0. The lowest BCUT2D eigenvalue weighted by atomic mass is 10.1. The van der Waals surface area contributed by atoms with Crippen LogP contribution in [-0.2, 0) is 0 Å². The van der Waals surface area contributed by atoms with E-state index in [1.54, 1.807) is 17.0 Å². The highest BCUT2D eigenvalue weighted by Crippen LogP contribution is 2.27. The van der Waals surface area contributed by atoms with Gasteiger partial charge >= 0.3 is 0 Å². The van der Waals surface area contributed by atoms with E-state index in [0.717, 1.165) is 17.4 Å². The molecule has 0 atom stereocenters. The minimum Gasteiger partial charge on any atom is -0.338 e. The summed E-state index contributed by atoms with van der Waals surface area (Å²) in [4.78, 5) is 18.9. The Hall–Kier alpha value is -2.83. The van der Waals surface area contributed by atoms with Crippen molar-refractivity contribution in [3.8, 4) is 11.3 Å². The van der Waals surface area contributed by atoms with Gasteiger partial charge in [-0.1, -0.05) is 30.3 Å². The summed E-state index contributed by atoms with van der Waals surface area (Å²) in [5, 5.41) is 3.99. The fourth-order valence-corrected chi connectivity index (χ4v) is 3.14. The molecule has 0 radical (unpaired) electrons. The molecule has 7 heteroatoms. The molecule has 25 heavy (non-hydrogen) atoms. The fraction of sp³-hybridized carbons (Fsp3) is 0.278. The van der Waals surface area contributed by atoms with Gasteiger partial charge in [0, 0.05) is 18.7 Å². The average Bonchev–Trinajstić information content (AvgIpc) is 3.30. The van der Waals surface area contributed by atoms with E-state index in [2.05, 4.69) is 10.1 Å². The Kier molecular flexibility index (Phi) is 3.91. The van der Waals surface area contributed by atoms with Crippen LogP contribution >= 0.6 is 0 Å². The molecule has 1 aliphatic rings. The number of nitrogens with zero attached hydrogens (tertiary/aromatic N) is 4. The first kappa shape index (κ1) is 15.7. The van der Waals surface area contributed by atoms with Gasteiger partial charge in [-0.15, -0.1) is 0 Å². The van der Waals surface area contributed by atoms with Crippen LogP contribution in [0.3, 0.4) is 0 Å². The van der Waals surface area contributed by atoms with Crippen LogP contribution in [0.5, 0.6) is 0 Å². The van der Waals surface area contributed by atoms with Crippen molar-refractivity contribution in [2.75, 3.05) is 13.1 Å². The number of amides is 1. The molecule has 4 rings (SSSR count). The van der Waals surface area contributed by atoms with E-state index < -0.39 is 6.43 Å². The summed E-state index contributed by atoms with van der Waals surface area (Å²) in [5.74, 6) is -0.203. The summed E-state index contributed by atoms with van der Waals surface area (Å²) in [6.45, 7) is 1.35. The summed E-state index contributed by atoms with van der Waals surface area (Å²) in [6.07, 6.45) is 0.526. The smallest absolute Gasteiger partial charge is 0.280 e. The number of hydrogen-bond acceptors (Lipinski definition) is 3. The normalized spacial score (nSPS) is 14.6. The molecule has 1 fully saturated rings. The van der Waals surface area contributed by atoms with Crippen molar-refractivity contribution in [1.82, 2.24) is 19.5 Å². The molecular weight excluding hydrogens is 326 g/mol. The SMILES string of the molecule is O=C(c1cnn2c(C(F)F)cc(-c3ccccc3)nc12)N1CCCC1. The maximum atomic E-state index is 13.5. The van der Waals surface area contributed by atoms with Gasteiger partial charge < -0.3 is 4.90 Å². The number of rotatable bonds is 3. The third kappa shape index (κ3) is 2.75. The van der Waals surface area contributed by atoms with Gasteiger partial charge in [-0.25, -0.2) is 18.3 Å². The molecule has 1 aromatic carbocycles. The van der Waals surface area contributed by atoms with Gasteiger partial charge in [-0.2, -0.15) is 5.10 Å². The van der Waals surface area contributed by atoms with Crippen molar-refractivity contribution in [3.05, 3.63) is 53.9 Å². The van der Waals surface area contributed by atoms with E-state index in [4.69, 9.17) is 0 Å². The number of carbonyl (C=O) groups is 1. The summed E-state index contributed by atoms with van der Waals surface area (Å²) < 4.78 is 28.1. The van der Waals surface area contributed by atoms with Crippen molar-refractivity contribution in [2.45, 2.75) is 19.3 Å². The van der Waals surface area contributed by atoms with Crippen molar-refractivity contribution < 1.29 is 13.6 Å². The molecule has 0 aliphatic carbocycles. The van der Waals surface area contributed by atoms with Gasteiger partial charge in [-0.3, -0.25) is 4.79 Å². The second kappa shape index (κ2) is 6.23. The highest BCUT2D eigenvalue weighted by molar-refractivity contribution is 6.00. The Morgan fingerprint density at radius 2 is 1.84 bits per heavy atom. The highest BCUT2D eigenvalue weighted by atomic mass is 19.3. The van der Waals surface area contributed by atoms with Crippen LogP contribution in [0.4, 0.5) is 8.78 Å². The molecule has 0 N–H and O–H groups in total. The topological polar surface area (TPSA) is 50.5 Å². The van der Waals surface area contributed by atoms with Crippen molar-refractivity contribution in [3.63, 3.8) is 0 Å². The Balaban J connectivity index is 1.88. The lowest BCUT2D eigenvalue weighted by Crippen LogP contribution is -2.27. The molecule has 1 amide bonds. The zero-order valence-corrected chi connectivity index (χ0v) is 13.4. The molecule has 128 valence electrons. The third-order valence-electron chi connectivity index (χ3n) is 4.42. The standard InChI is InChI=1S/C18H16F2N4O/c19-16(20)15-10-14(12-6-2-1-3-7-12)22-17-13(11-21-24(15)17)18(25)23-8-4-5-9-23/h1-3,6-7,10-11,16H,4-5,8-9H2. The first-order chi connectivity index (χ1) is 12.1. The van der Waals surface area contributed by atoms with Gasteiger partial charge in [0.05, 0.1) is 11.9 Å². The van der Waals surface area contributed by atoms with Crippen LogP contribution < -0.4 is 0 Å². The van der Waals surface area contributed by atoms with E-state index in [0.29, 0.717) is 24.3 Å². The molecule has 3 aromatic rings. The fourth-order valence-electron chi connectivity index (χ4n) is 3.14. The largest absolute Gasteiger partial charge is 0.338 e. The Morgan fingerprint density at radius 3 is 2.52 bits per heavy atom. The molecule has 0 bridgehead atoms. The molecule has 0 unspecified atom stereocenters. The Morgan fingerprint density at radius 1 is 1.12 bits per heavy atom. The van der Waals surface area contributed by atoms with Gasteiger partial charge in [0.2, 0.25) is 0 Å². The summed E-state index contributed by atoms with van der Waals surface area (Å²) in [5.41, 5.74) is 1.28. The lowest BCUT2D eigenvalue weighted by Gasteiger charge is -2.14. The summed E-state index contributed by atoms with van der Waals surface area (Å²) >= 11 is 0. The summed E-state index contributed by atoms with van der Waals surface area (Å²) in [7, 11) is 0. The molecule has 5 nitrogen and oxygen atoms in total. The quantitative estimate of drug-likeness (QED) is 0.731. The Labute approximate surface area is 142 Å². The summed E-state index contributed by atoms with van der Waals surface area (Å²) in [6, 6.07) is 10.4. The van der Waals surface area contributed by atoms with E-state index >= 15 is 0 Å². The molecule has 1 aliphatic heterocycles. The average molecular weight is 342 g/mol. The van der Waals surface area contributed by atoms with Crippen LogP contribution in [0.2, 0.25) is 0 Å². The van der Waals surface area contributed by atoms with Crippen LogP contribution in [0.25, 0.3) is 16.9 Å². The molecule has 2 aromatic heterocycles. The molecule has 1 saturated heterocycles. The molecule has 0 saturated carbocycles. The number of benzene rings is 1. The van der Waals surface area contributed by atoms with E-state index in [1.807, 2.05) is 18.2 Å². The minimum atomic E-state index is -2.72. The highest BCUT2D eigenvalue weighted by Gasteiger charge is 2.26. The third-order valence-corrected chi connectivity index (χ3v) is 4.42. The monoisotopic (exact) mass is 342 g/mol. The van der Waals surface area contributed by atoms with Gasteiger partial charge in [0.15, 0.2) is 5.65 Å². The predicted octanol–water partition coefficient (Wildman–Crippen LogP) is 3.57. The first-order valence-electron chi connectivity index (χ1n) is 8.16. The maximum Gasteiger partial charge on any atom is 0.280 e. The molecular formula is C18H16F2N4O. The van der Waals surface area contributed by atoms with Gasteiger partial charge in [-0.05, 0) is 18.9 Å². The van der Waals surface area contributed by atoms with Crippen LogP contribution in [0.1, 0.15) is 35.3 Å². The number of carbonyl (C=O) groups excluding carboxylic acids is 1. The molecule has 3 heterocycles. The zero-order valence-electron chi connectivity index (χ0n) is 13.4. The van der Waals surface area contributed by atoms with Gasteiger partial charge in [0.25, 0.3) is 12.3 Å². The second-order valence-electron chi connectivity index (χ2n) is 6.03. The van der Waals surface area contributed by atoms with Crippen molar-refractivity contribution in [1.29, 1.82) is 0 Å². The number of fused-ring (bicyclic) bond motifs is 1. The number of likely N-dealkylation sites (tertiary alicyclic amines) is 1. The van der Waals surface area contributed by atoms with Crippen LogP contribution in [-0.4, -0.2) is 38.5 Å². The maximum absolute atomic E-state index is 13.5. The van der Waals surface area contributed by atoms with E-state index in [1.165, 1.54) is 12.3 Å². The predicted molar refractivity (Wildman–Crippen MR) is 88.5 cm³/mol. The van der Waals surface area contributed by atoms with E-state index in [9.17, 15) is 13.6 Å². The minimum absolute atomic E-state index is 0.175. The van der Waals surface area contributed by atoms with Gasteiger partial charge in [0.1, 0.15) is 11.3 Å². The van der Waals surface area contributed by atoms with Crippen LogP contribution in [0, 0.1) is 0 Å². The number of aromatic nitrogens is 3. The zero-order chi connectivity index (χ0) is 17.4. The van der Waals surface area contributed by atoms with Crippen molar-refractivity contribution >= 4 is 11.6 Å². The number of halogens is 2. The van der Waals surface area contributed by atoms with Crippen molar-refractivity contribution in [2.24, 2.45) is 0 Å². The Bertz CT molecular complexity index is 917. The molecule has 0 spiro atoms. The second-order valence-corrected chi connectivity index (χ2v) is 6.03.